The van der Waals surface area contributed by atoms with Gasteiger partial charge in [-0.1, -0.05) is 18.5 Å². The van der Waals surface area contributed by atoms with E-state index in [4.69, 9.17) is 17.3 Å². The molecule has 1 heterocycles. The summed E-state index contributed by atoms with van der Waals surface area (Å²) in [6.07, 6.45) is 2.78. The van der Waals surface area contributed by atoms with Gasteiger partial charge in [-0.3, -0.25) is 4.90 Å². The summed E-state index contributed by atoms with van der Waals surface area (Å²) < 4.78 is 0.857. The van der Waals surface area contributed by atoms with Crippen molar-refractivity contribution in [3.05, 3.63) is 21.3 Å². The van der Waals surface area contributed by atoms with Gasteiger partial charge in [0.25, 0.3) is 0 Å². The predicted molar refractivity (Wildman–Crippen MR) is 71.1 cm³/mol. The summed E-state index contributed by atoms with van der Waals surface area (Å²) >= 11 is 7.64. The van der Waals surface area contributed by atoms with Gasteiger partial charge in [-0.05, 0) is 37.4 Å². The highest BCUT2D eigenvalue weighted by atomic mass is 35.5. The molecule has 1 aromatic heterocycles. The molecule has 1 saturated carbocycles. The third kappa shape index (κ3) is 2.98. The lowest BCUT2D eigenvalue weighted by molar-refractivity contribution is 0.206. The molecule has 0 amide bonds. The lowest BCUT2D eigenvalue weighted by Gasteiger charge is -2.29. The van der Waals surface area contributed by atoms with E-state index in [2.05, 4.69) is 17.9 Å². The molecule has 1 aliphatic rings. The van der Waals surface area contributed by atoms with Gasteiger partial charge >= 0.3 is 0 Å². The van der Waals surface area contributed by atoms with Crippen molar-refractivity contribution in [2.45, 2.75) is 25.8 Å². The second-order valence-corrected chi connectivity index (χ2v) is 6.17. The summed E-state index contributed by atoms with van der Waals surface area (Å²) in [6.45, 7) is 5.14. The first-order chi connectivity index (χ1) is 7.74. The zero-order chi connectivity index (χ0) is 11.5. The van der Waals surface area contributed by atoms with Crippen LogP contribution in [0.3, 0.4) is 0 Å². The van der Waals surface area contributed by atoms with Crippen LogP contribution >= 0.6 is 22.9 Å². The van der Waals surface area contributed by atoms with E-state index in [-0.39, 0.29) is 0 Å². The number of rotatable bonds is 6. The summed E-state index contributed by atoms with van der Waals surface area (Å²) in [7, 11) is 0. The normalized spacial score (nSPS) is 18.0. The van der Waals surface area contributed by atoms with Gasteiger partial charge in [0.15, 0.2) is 0 Å². The summed E-state index contributed by atoms with van der Waals surface area (Å²) in [4.78, 5) is 3.79. The fourth-order valence-corrected chi connectivity index (χ4v) is 3.27. The minimum absolute atomic E-state index is 0.350. The van der Waals surface area contributed by atoms with Crippen LogP contribution in [0.25, 0.3) is 0 Å². The van der Waals surface area contributed by atoms with Gasteiger partial charge in [0.2, 0.25) is 0 Å². The van der Waals surface area contributed by atoms with Crippen molar-refractivity contribution >= 4 is 22.9 Å². The Morgan fingerprint density at radius 1 is 1.56 bits per heavy atom. The maximum absolute atomic E-state index is 5.99. The van der Waals surface area contributed by atoms with Crippen LogP contribution in [-0.4, -0.2) is 24.5 Å². The molecule has 1 atom stereocenters. The lowest BCUT2D eigenvalue weighted by atomic mass is 10.2. The van der Waals surface area contributed by atoms with Crippen LogP contribution in [0.5, 0.6) is 0 Å². The molecule has 0 aromatic carbocycles. The van der Waals surface area contributed by atoms with Gasteiger partial charge in [0.1, 0.15) is 0 Å². The molecule has 1 unspecified atom stereocenters. The van der Waals surface area contributed by atoms with E-state index in [0.717, 1.165) is 16.8 Å². The molecule has 0 spiro atoms. The zero-order valence-corrected chi connectivity index (χ0v) is 11.2. The molecule has 1 aliphatic carbocycles. The van der Waals surface area contributed by atoms with Crippen LogP contribution in [-0.2, 0) is 0 Å². The third-order valence-corrected chi connectivity index (χ3v) is 4.51. The van der Waals surface area contributed by atoms with Gasteiger partial charge in [0.05, 0.1) is 10.4 Å². The summed E-state index contributed by atoms with van der Waals surface area (Å²) in [5.41, 5.74) is 5.91. The smallest absolute Gasteiger partial charge is 0.0931 e. The number of nitrogens with two attached hydrogens (primary N) is 1. The molecule has 0 saturated heterocycles. The van der Waals surface area contributed by atoms with Gasteiger partial charge in [-0.15, -0.1) is 11.3 Å². The van der Waals surface area contributed by atoms with Crippen molar-refractivity contribution in [3.63, 3.8) is 0 Å². The monoisotopic (exact) mass is 258 g/mol. The van der Waals surface area contributed by atoms with Crippen LogP contribution in [0.4, 0.5) is 0 Å². The highest BCUT2D eigenvalue weighted by Gasteiger charge is 2.28. The van der Waals surface area contributed by atoms with Gasteiger partial charge in [0, 0.05) is 18.0 Å². The van der Waals surface area contributed by atoms with E-state index in [1.165, 1.54) is 24.3 Å². The molecule has 0 bridgehead atoms. The maximum Gasteiger partial charge on any atom is 0.0931 e. The van der Waals surface area contributed by atoms with Crippen molar-refractivity contribution < 1.29 is 0 Å². The van der Waals surface area contributed by atoms with Crippen LogP contribution < -0.4 is 5.73 Å². The summed E-state index contributed by atoms with van der Waals surface area (Å²) in [5.74, 6) is 0.907. The van der Waals surface area contributed by atoms with E-state index >= 15 is 0 Å². The average molecular weight is 259 g/mol. The first kappa shape index (κ1) is 12.4. The van der Waals surface area contributed by atoms with Crippen molar-refractivity contribution in [1.29, 1.82) is 0 Å². The molecule has 2 nitrogen and oxygen atoms in total. The standard InChI is InChI=1S/C12H19ClN2S/c1-2-15(8-9-3-4-9)10(7-14)11-5-6-12(13)16-11/h5-6,9-10H,2-4,7-8,14H2,1H3. The topological polar surface area (TPSA) is 29.3 Å². The zero-order valence-electron chi connectivity index (χ0n) is 9.66. The number of hydrogen-bond acceptors (Lipinski definition) is 3. The van der Waals surface area contributed by atoms with Crippen molar-refractivity contribution in [2.75, 3.05) is 19.6 Å². The van der Waals surface area contributed by atoms with Crippen LogP contribution in [0.15, 0.2) is 12.1 Å². The number of nitrogens with zero attached hydrogens (tertiary/aromatic N) is 1. The third-order valence-electron chi connectivity index (χ3n) is 3.18. The number of hydrogen-bond donors (Lipinski definition) is 1. The SMILES string of the molecule is CCN(CC1CC1)C(CN)c1ccc(Cl)s1. The number of likely N-dealkylation sites (N-methyl/N-ethyl adjacent to an activating group) is 1. The number of halogens is 1. The Kier molecular flexibility index (Phi) is 4.25. The first-order valence-electron chi connectivity index (χ1n) is 5.94. The molecule has 4 heteroatoms. The van der Waals surface area contributed by atoms with Gasteiger partial charge in [-0.2, -0.15) is 0 Å². The molecule has 1 fully saturated rings. The quantitative estimate of drug-likeness (QED) is 0.850. The Balaban J connectivity index is 2.06. The predicted octanol–water partition coefficient (Wildman–Crippen LogP) is 3.13. The van der Waals surface area contributed by atoms with E-state index in [1.54, 1.807) is 11.3 Å². The maximum atomic E-state index is 5.99. The van der Waals surface area contributed by atoms with Gasteiger partial charge < -0.3 is 5.73 Å². The van der Waals surface area contributed by atoms with Crippen LogP contribution in [0.1, 0.15) is 30.7 Å². The van der Waals surface area contributed by atoms with Crippen LogP contribution in [0.2, 0.25) is 4.34 Å². The van der Waals surface area contributed by atoms with Crippen molar-refractivity contribution in [2.24, 2.45) is 11.7 Å². The average Bonchev–Trinajstić information content (AvgIpc) is 3.00. The molecule has 0 radical (unpaired) electrons. The Bertz CT molecular complexity index is 336. The molecule has 16 heavy (non-hydrogen) atoms. The fraction of sp³-hybridized carbons (Fsp3) is 0.667. The molecule has 2 N–H and O–H groups in total. The molecule has 0 aliphatic heterocycles. The van der Waals surface area contributed by atoms with E-state index in [9.17, 15) is 0 Å². The van der Waals surface area contributed by atoms with E-state index in [0.29, 0.717) is 12.6 Å². The molecule has 1 aromatic rings. The number of thiophene rings is 1. The fourth-order valence-electron chi connectivity index (χ4n) is 2.06. The summed E-state index contributed by atoms with van der Waals surface area (Å²) in [6, 6.07) is 4.43. The highest BCUT2D eigenvalue weighted by molar-refractivity contribution is 7.16. The minimum atomic E-state index is 0.350. The van der Waals surface area contributed by atoms with Gasteiger partial charge in [-0.25, -0.2) is 0 Å². The van der Waals surface area contributed by atoms with Crippen molar-refractivity contribution in [1.82, 2.24) is 4.90 Å². The van der Waals surface area contributed by atoms with Crippen LogP contribution in [0, 0.1) is 5.92 Å². The lowest BCUT2D eigenvalue weighted by Crippen LogP contribution is -2.34. The second-order valence-electron chi connectivity index (χ2n) is 4.42. The molecule has 90 valence electrons. The Labute approximate surface area is 106 Å². The molecular weight excluding hydrogens is 240 g/mol. The Hall–Kier alpha value is -0.0900. The largest absolute Gasteiger partial charge is 0.329 e. The second kappa shape index (κ2) is 5.50. The minimum Gasteiger partial charge on any atom is -0.329 e. The highest BCUT2D eigenvalue weighted by Crippen LogP contribution is 2.34. The molecule has 2 rings (SSSR count). The summed E-state index contributed by atoms with van der Waals surface area (Å²) in [5, 5.41) is 0. The first-order valence-corrected chi connectivity index (χ1v) is 7.13. The van der Waals surface area contributed by atoms with E-state index in [1.807, 2.05) is 6.07 Å². The Morgan fingerprint density at radius 2 is 2.31 bits per heavy atom. The van der Waals surface area contributed by atoms with Crippen molar-refractivity contribution in [3.8, 4) is 0 Å². The Morgan fingerprint density at radius 3 is 2.75 bits per heavy atom. The van der Waals surface area contributed by atoms with E-state index < -0.39 is 0 Å². The molecular formula is C12H19ClN2S.